The van der Waals surface area contributed by atoms with E-state index in [9.17, 15) is 4.79 Å². The van der Waals surface area contributed by atoms with Crippen LogP contribution in [0.2, 0.25) is 0 Å². The highest BCUT2D eigenvalue weighted by Gasteiger charge is 2.14. The highest BCUT2D eigenvalue weighted by Crippen LogP contribution is 2.22. The Morgan fingerprint density at radius 2 is 1.74 bits per heavy atom. The van der Waals surface area contributed by atoms with Crippen LogP contribution in [0.3, 0.4) is 0 Å². The van der Waals surface area contributed by atoms with Gasteiger partial charge in [0.25, 0.3) is 0 Å². The van der Waals surface area contributed by atoms with Crippen LogP contribution < -0.4 is 11.1 Å². The van der Waals surface area contributed by atoms with Crippen molar-refractivity contribution < 1.29 is 4.79 Å². The lowest BCUT2D eigenvalue weighted by Crippen LogP contribution is -2.28. The fourth-order valence-corrected chi connectivity index (χ4v) is 2.79. The first-order valence-electron chi connectivity index (χ1n) is 8.60. The Morgan fingerprint density at radius 3 is 2.52 bits per heavy atom. The maximum Gasteiger partial charge on any atom is 0.227 e. The van der Waals surface area contributed by atoms with E-state index in [2.05, 4.69) is 48.6 Å². The molecular formula is C20H28N2O. The van der Waals surface area contributed by atoms with Crippen LogP contribution in [0.25, 0.3) is 10.8 Å². The standard InChI is InChI=1S/C20H28N2O/c1-15-7-8-19-14-17(9-10-18(19)13-15)16(2)20(23)22-12-6-4-3-5-11-21/h7-10,13-14,16H,3-6,11-12,21H2,1-2H3,(H,22,23)/t16-/m0/s1. The molecule has 0 spiro atoms. The van der Waals surface area contributed by atoms with Crippen molar-refractivity contribution in [3.8, 4) is 0 Å². The van der Waals surface area contributed by atoms with E-state index in [1.165, 1.54) is 16.3 Å². The molecule has 0 aliphatic carbocycles. The summed E-state index contributed by atoms with van der Waals surface area (Å²) in [5.41, 5.74) is 7.80. The van der Waals surface area contributed by atoms with Crippen LogP contribution in [-0.4, -0.2) is 19.0 Å². The molecule has 0 fully saturated rings. The lowest BCUT2D eigenvalue weighted by atomic mass is 9.96. The number of aryl methyl sites for hydroxylation is 1. The van der Waals surface area contributed by atoms with Crippen molar-refractivity contribution in [2.75, 3.05) is 13.1 Å². The van der Waals surface area contributed by atoms with Crippen LogP contribution in [0, 0.1) is 6.92 Å². The number of benzene rings is 2. The summed E-state index contributed by atoms with van der Waals surface area (Å²) in [6.07, 6.45) is 4.36. The van der Waals surface area contributed by atoms with Gasteiger partial charge in [0.15, 0.2) is 0 Å². The third-order valence-corrected chi connectivity index (χ3v) is 4.34. The van der Waals surface area contributed by atoms with Gasteiger partial charge in [-0.1, -0.05) is 54.8 Å². The largest absolute Gasteiger partial charge is 0.356 e. The average molecular weight is 312 g/mol. The third kappa shape index (κ3) is 5.07. The first-order valence-corrected chi connectivity index (χ1v) is 8.60. The molecule has 0 saturated carbocycles. The molecule has 0 saturated heterocycles. The molecule has 0 aliphatic rings. The van der Waals surface area contributed by atoms with E-state index in [1.807, 2.05) is 6.92 Å². The minimum absolute atomic E-state index is 0.107. The molecule has 0 heterocycles. The number of amides is 1. The number of rotatable bonds is 8. The monoisotopic (exact) mass is 312 g/mol. The van der Waals surface area contributed by atoms with Crippen LogP contribution in [0.1, 0.15) is 49.7 Å². The predicted octanol–water partition coefficient (Wildman–Crippen LogP) is 3.89. The number of fused-ring (bicyclic) bond motifs is 1. The van der Waals surface area contributed by atoms with E-state index in [1.54, 1.807) is 0 Å². The van der Waals surface area contributed by atoms with E-state index in [0.29, 0.717) is 0 Å². The van der Waals surface area contributed by atoms with Crippen LogP contribution in [0.4, 0.5) is 0 Å². The van der Waals surface area contributed by atoms with Crippen molar-refractivity contribution in [2.24, 2.45) is 5.73 Å². The summed E-state index contributed by atoms with van der Waals surface area (Å²) in [6, 6.07) is 12.7. The SMILES string of the molecule is Cc1ccc2cc([C@H](C)C(=O)NCCCCCCN)ccc2c1. The second-order valence-corrected chi connectivity index (χ2v) is 6.33. The summed E-state index contributed by atoms with van der Waals surface area (Å²) in [7, 11) is 0. The van der Waals surface area contributed by atoms with E-state index < -0.39 is 0 Å². The molecule has 2 aromatic carbocycles. The van der Waals surface area contributed by atoms with E-state index in [-0.39, 0.29) is 11.8 Å². The predicted molar refractivity (Wildman–Crippen MR) is 97.6 cm³/mol. The van der Waals surface area contributed by atoms with Gasteiger partial charge in [0.2, 0.25) is 5.91 Å². The summed E-state index contributed by atoms with van der Waals surface area (Å²) >= 11 is 0. The molecule has 23 heavy (non-hydrogen) atoms. The van der Waals surface area contributed by atoms with Crippen LogP contribution in [-0.2, 0) is 4.79 Å². The maximum absolute atomic E-state index is 12.3. The van der Waals surface area contributed by atoms with Crippen LogP contribution in [0.15, 0.2) is 36.4 Å². The van der Waals surface area contributed by atoms with Gasteiger partial charge >= 0.3 is 0 Å². The molecule has 3 nitrogen and oxygen atoms in total. The second kappa shape index (κ2) is 8.68. The Hall–Kier alpha value is -1.87. The Morgan fingerprint density at radius 1 is 1.04 bits per heavy atom. The molecule has 0 radical (unpaired) electrons. The Balaban J connectivity index is 1.90. The molecule has 2 rings (SSSR count). The molecule has 3 N–H and O–H groups in total. The van der Waals surface area contributed by atoms with Gasteiger partial charge in [-0.05, 0) is 49.6 Å². The highest BCUT2D eigenvalue weighted by atomic mass is 16.1. The van der Waals surface area contributed by atoms with Crippen LogP contribution in [0.5, 0.6) is 0 Å². The molecule has 2 aromatic rings. The topological polar surface area (TPSA) is 55.1 Å². The number of nitrogens with one attached hydrogen (secondary N) is 1. The maximum atomic E-state index is 12.3. The molecular weight excluding hydrogens is 284 g/mol. The van der Waals surface area contributed by atoms with Crippen molar-refractivity contribution in [3.05, 3.63) is 47.5 Å². The Labute approximate surface area is 139 Å². The van der Waals surface area contributed by atoms with Gasteiger partial charge in [-0.3, -0.25) is 4.79 Å². The summed E-state index contributed by atoms with van der Waals surface area (Å²) in [5, 5.41) is 5.46. The minimum atomic E-state index is -0.121. The molecule has 3 heteroatoms. The number of nitrogens with two attached hydrogens (primary N) is 1. The summed E-state index contributed by atoms with van der Waals surface area (Å²) in [4.78, 5) is 12.3. The summed E-state index contributed by atoms with van der Waals surface area (Å²) in [5.74, 6) is -0.0139. The van der Waals surface area contributed by atoms with Crippen molar-refractivity contribution in [3.63, 3.8) is 0 Å². The van der Waals surface area contributed by atoms with Crippen molar-refractivity contribution in [2.45, 2.75) is 45.4 Å². The van der Waals surface area contributed by atoms with Gasteiger partial charge in [-0.25, -0.2) is 0 Å². The molecule has 0 aromatic heterocycles. The average Bonchev–Trinajstić information content (AvgIpc) is 2.56. The van der Waals surface area contributed by atoms with Gasteiger partial charge in [0.05, 0.1) is 5.92 Å². The first-order chi connectivity index (χ1) is 11.1. The molecule has 0 unspecified atom stereocenters. The fraction of sp³-hybridized carbons (Fsp3) is 0.450. The number of carbonyl (C=O) groups is 1. The van der Waals surface area contributed by atoms with Gasteiger partial charge in [-0.15, -0.1) is 0 Å². The zero-order valence-corrected chi connectivity index (χ0v) is 14.3. The Kier molecular flexibility index (Phi) is 6.60. The zero-order chi connectivity index (χ0) is 16.7. The molecule has 0 aliphatic heterocycles. The molecule has 124 valence electrons. The third-order valence-electron chi connectivity index (χ3n) is 4.34. The van der Waals surface area contributed by atoms with E-state index >= 15 is 0 Å². The van der Waals surface area contributed by atoms with E-state index in [4.69, 9.17) is 5.73 Å². The first kappa shape index (κ1) is 17.5. The quantitative estimate of drug-likeness (QED) is 0.727. The van der Waals surface area contributed by atoms with Gasteiger partial charge < -0.3 is 11.1 Å². The fourth-order valence-electron chi connectivity index (χ4n) is 2.79. The number of hydrogen-bond acceptors (Lipinski definition) is 2. The van der Waals surface area contributed by atoms with Crippen LogP contribution >= 0.6 is 0 Å². The number of unbranched alkanes of at least 4 members (excludes halogenated alkanes) is 3. The highest BCUT2D eigenvalue weighted by molar-refractivity contribution is 5.87. The second-order valence-electron chi connectivity index (χ2n) is 6.33. The summed E-state index contributed by atoms with van der Waals surface area (Å²) in [6.45, 7) is 5.57. The van der Waals surface area contributed by atoms with Gasteiger partial charge in [-0.2, -0.15) is 0 Å². The summed E-state index contributed by atoms with van der Waals surface area (Å²) < 4.78 is 0. The zero-order valence-electron chi connectivity index (χ0n) is 14.3. The molecule has 0 bridgehead atoms. The number of carbonyl (C=O) groups excluding carboxylic acids is 1. The van der Waals surface area contributed by atoms with Gasteiger partial charge in [0.1, 0.15) is 0 Å². The van der Waals surface area contributed by atoms with Crippen molar-refractivity contribution >= 4 is 16.7 Å². The molecule has 1 amide bonds. The lowest BCUT2D eigenvalue weighted by molar-refractivity contribution is -0.122. The van der Waals surface area contributed by atoms with Crippen molar-refractivity contribution in [1.82, 2.24) is 5.32 Å². The normalized spacial score (nSPS) is 12.3. The van der Waals surface area contributed by atoms with Crippen molar-refractivity contribution in [1.29, 1.82) is 0 Å². The van der Waals surface area contributed by atoms with E-state index in [0.717, 1.165) is 44.3 Å². The van der Waals surface area contributed by atoms with Gasteiger partial charge in [0, 0.05) is 6.54 Å². The number of hydrogen-bond donors (Lipinski definition) is 2. The lowest BCUT2D eigenvalue weighted by Gasteiger charge is -2.13. The minimum Gasteiger partial charge on any atom is -0.356 e. The molecule has 1 atom stereocenters. The smallest absolute Gasteiger partial charge is 0.227 e. The Bertz CT molecular complexity index is 651.